The topological polar surface area (TPSA) is 76.4 Å². The summed E-state index contributed by atoms with van der Waals surface area (Å²) in [7, 11) is 0. The van der Waals surface area contributed by atoms with Crippen LogP contribution in [0.4, 0.5) is 0 Å². The lowest BCUT2D eigenvalue weighted by Gasteiger charge is -2.14. The molecule has 1 atom stereocenters. The molecule has 1 aliphatic heterocycles. The Hall–Kier alpha value is -1.63. The summed E-state index contributed by atoms with van der Waals surface area (Å²) in [6, 6.07) is 0. The Kier molecular flexibility index (Phi) is 9.33. The first-order chi connectivity index (χ1) is 12.3. The Morgan fingerprint density at radius 3 is 2.92 bits per heavy atom. The SMILES string of the molecule is CCCCCCNC(=NCC1CCCO1)NCCn1cnnc1CC. The van der Waals surface area contributed by atoms with E-state index in [0.29, 0.717) is 0 Å². The maximum absolute atomic E-state index is 5.67. The molecule has 2 rings (SSSR count). The first-order valence-corrected chi connectivity index (χ1v) is 9.84. The Balaban J connectivity index is 1.76. The molecule has 2 N–H and O–H groups in total. The zero-order valence-corrected chi connectivity index (χ0v) is 15.8. The highest BCUT2D eigenvalue weighted by molar-refractivity contribution is 5.79. The van der Waals surface area contributed by atoms with E-state index < -0.39 is 0 Å². The van der Waals surface area contributed by atoms with Crippen LogP contribution in [0.2, 0.25) is 0 Å². The molecular weight excluding hydrogens is 316 g/mol. The molecule has 1 saturated heterocycles. The number of guanidine groups is 1. The summed E-state index contributed by atoms with van der Waals surface area (Å²) in [5.41, 5.74) is 0. The number of rotatable bonds is 11. The van der Waals surface area contributed by atoms with Crippen molar-refractivity contribution >= 4 is 5.96 Å². The first-order valence-electron chi connectivity index (χ1n) is 9.84. The average Bonchev–Trinajstić information content (AvgIpc) is 3.30. The number of nitrogens with one attached hydrogen (secondary N) is 2. The van der Waals surface area contributed by atoms with Crippen LogP contribution >= 0.6 is 0 Å². The largest absolute Gasteiger partial charge is 0.376 e. The molecule has 0 aliphatic carbocycles. The monoisotopic (exact) mass is 350 g/mol. The summed E-state index contributed by atoms with van der Waals surface area (Å²) >= 11 is 0. The summed E-state index contributed by atoms with van der Waals surface area (Å²) in [5, 5.41) is 15.0. The van der Waals surface area contributed by atoms with E-state index in [1.165, 1.54) is 25.7 Å². The first kappa shape index (κ1) is 19.7. The van der Waals surface area contributed by atoms with Gasteiger partial charge in [0.25, 0.3) is 0 Å². The van der Waals surface area contributed by atoms with E-state index in [2.05, 4.69) is 39.2 Å². The van der Waals surface area contributed by atoms with Crippen molar-refractivity contribution < 1.29 is 4.74 Å². The fourth-order valence-corrected chi connectivity index (χ4v) is 2.95. The maximum Gasteiger partial charge on any atom is 0.191 e. The number of nitrogens with zero attached hydrogens (tertiary/aromatic N) is 4. The quantitative estimate of drug-likeness (QED) is 0.363. The molecule has 0 amide bonds. The molecule has 1 aromatic rings. The van der Waals surface area contributed by atoms with Gasteiger partial charge in [0.2, 0.25) is 0 Å². The van der Waals surface area contributed by atoms with Crippen molar-refractivity contribution in [2.45, 2.75) is 71.4 Å². The fourth-order valence-electron chi connectivity index (χ4n) is 2.95. The minimum absolute atomic E-state index is 0.281. The molecule has 0 radical (unpaired) electrons. The molecule has 1 aromatic heterocycles. The van der Waals surface area contributed by atoms with Gasteiger partial charge in [-0.25, -0.2) is 0 Å². The molecule has 0 aromatic carbocycles. The van der Waals surface area contributed by atoms with Gasteiger partial charge in [0.1, 0.15) is 12.2 Å². The summed E-state index contributed by atoms with van der Waals surface area (Å²) in [6.07, 6.45) is 10.3. The van der Waals surface area contributed by atoms with E-state index in [1.54, 1.807) is 6.33 Å². The lowest BCUT2D eigenvalue weighted by molar-refractivity contribution is 0.117. The fraction of sp³-hybridized carbons (Fsp3) is 0.833. The van der Waals surface area contributed by atoms with Crippen LogP contribution in [0.15, 0.2) is 11.3 Å². The molecule has 7 heteroatoms. The van der Waals surface area contributed by atoms with Gasteiger partial charge in [-0.05, 0) is 19.3 Å². The van der Waals surface area contributed by atoms with Crippen molar-refractivity contribution in [3.05, 3.63) is 12.2 Å². The molecule has 25 heavy (non-hydrogen) atoms. The molecule has 7 nitrogen and oxygen atoms in total. The maximum atomic E-state index is 5.67. The molecule has 0 saturated carbocycles. The normalized spacial score (nSPS) is 17.8. The van der Waals surface area contributed by atoms with Crippen LogP contribution in [0, 0.1) is 0 Å². The zero-order valence-electron chi connectivity index (χ0n) is 15.8. The van der Waals surface area contributed by atoms with E-state index in [4.69, 9.17) is 9.73 Å². The van der Waals surface area contributed by atoms with E-state index >= 15 is 0 Å². The molecule has 0 bridgehead atoms. The van der Waals surface area contributed by atoms with Gasteiger partial charge in [0.05, 0.1) is 12.6 Å². The van der Waals surface area contributed by atoms with Gasteiger partial charge in [-0.15, -0.1) is 10.2 Å². The molecule has 142 valence electrons. The number of ether oxygens (including phenoxy) is 1. The van der Waals surface area contributed by atoms with Crippen molar-refractivity contribution in [1.29, 1.82) is 0 Å². The number of hydrogen-bond donors (Lipinski definition) is 2. The Morgan fingerprint density at radius 1 is 1.28 bits per heavy atom. The lowest BCUT2D eigenvalue weighted by atomic mass is 10.2. The van der Waals surface area contributed by atoms with Gasteiger partial charge in [-0.2, -0.15) is 0 Å². The summed E-state index contributed by atoms with van der Waals surface area (Å²) in [5.74, 6) is 1.91. The predicted octanol–water partition coefficient (Wildman–Crippen LogP) is 2.13. The molecule has 0 spiro atoms. The third-order valence-corrected chi connectivity index (χ3v) is 4.46. The number of aryl methyl sites for hydroxylation is 1. The van der Waals surface area contributed by atoms with Crippen LogP contribution in [0.3, 0.4) is 0 Å². The van der Waals surface area contributed by atoms with Crippen molar-refractivity contribution in [3.63, 3.8) is 0 Å². The lowest BCUT2D eigenvalue weighted by Crippen LogP contribution is -2.40. The van der Waals surface area contributed by atoms with Crippen LogP contribution in [0.5, 0.6) is 0 Å². The number of unbranched alkanes of at least 4 members (excludes halogenated alkanes) is 3. The number of aromatic nitrogens is 3. The second-order valence-corrected chi connectivity index (χ2v) is 6.53. The second-order valence-electron chi connectivity index (χ2n) is 6.53. The summed E-state index contributed by atoms with van der Waals surface area (Å²) < 4.78 is 7.76. The highest BCUT2D eigenvalue weighted by atomic mass is 16.5. The molecular formula is C18H34N6O. The van der Waals surface area contributed by atoms with Crippen LogP contribution in [0.25, 0.3) is 0 Å². The molecule has 1 aliphatic rings. The minimum atomic E-state index is 0.281. The van der Waals surface area contributed by atoms with Crippen molar-refractivity contribution in [2.75, 3.05) is 26.2 Å². The molecule has 1 fully saturated rings. The van der Waals surface area contributed by atoms with Crippen LogP contribution in [-0.2, 0) is 17.7 Å². The zero-order chi connectivity index (χ0) is 17.7. The predicted molar refractivity (Wildman–Crippen MR) is 101 cm³/mol. The smallest absolute Gasteiger partial charge is 0.191 e. The van der Waals surface area contributed by atoms with Crippen molar-refractivity contribution in [1.82, 2.24) is 25.4 Å². The number of aliphatic imine (C=N–C) groups is 1. The van der Waals surface area contributed by atoms with Gasteiger partial charge in [0, 0.05) is 32.7 Å². The van der Waals surface area contributed by atoms with E-state index in [1.807, 2.05) is 0 Å². The highest BCUT2D eigenvalue weighted by Gasteiger charge is 2.14. The highest BCUT2D eigenvalue weighted by Crippen LogP contribution is 2.11. The third kappa shape index (κ3) is 7.42. The van der Waals surface area contributed by atoms with Gasteiger partial charge in [0.15, 0.2) is 5.96 Å². The summed E-state index contributed by atoms with van der Waals surface area (Å²) in [4.78, 5) is 4.71. The standard InChI is InChI=1S/C18H34N6O/c1-3-5-6-7-10-19-18(21-14-16-9-8-13-25-16)20-11-12-24-15-22-23-17(24)4-2/h15-16H,3-14H2,1-2H3,(H2,19,20,21). The minimum Gasteiger partial charge on any atom is -0.376 e. The Bertz CT molecular complexity index is 496. The van der Waals surface area contributed by atoms with Gasteiger partial charge in [-0.1, -0.05) is 33.1 Å². The third-order valence-electron chi connectivity index (χ3n) is 4.46. The van der Waals surface area contributed by atoms with Gasteiger partial charge in [-0.3, -0.25) is 4.99 Å². The van der Waals surface area contributed by atoms with Crippen LogP contribution in [0.1, 0.15) is 58.2 Å². The van der Waals surface area contributed by atoms with E-state index in [9.17, 15) is 0 Å². The Labute approximate surface area is 151 Å². The van der Waals surface area contributed by atoms with E-state index in [0.717, 1.165) is 63.8 Å². The number of hydrogen-bond acceptors (Lipinski definition) is 4. The second kappa shape index (κ2) is 11.8. The molecule has 2 heterocycles. The molecule has 1 unspecified atom stereocenters. The van der Waals surface area contributed by atoms with Crippen LogP contribution < -0.4 is 10.6 Å². The Morgan fingerprint density at radius 2 is 2.16 bits per heavy atom. The van der Waals surface area contributed by atoms with Crippen molar-refractivity contribution in [2.24, 2.45) is 4.99 Å². The van der Waals surface area contributed by atoms with Crippen molar-refractivity contribution in [3.8, 4) is 0 Å². The van der Waals surface area contributed by atoms with Gasteiger partial charge < -0.3 is 19.9 Å². The van der Waals surface area contributed by atoms with Gasteiger partial charge >= 0.3 is 0 Å². The van der Waals surface area contributed by atoms with E-state index in [-0.39, 0.29) is 6.10 Å². The average molecular weight is 351 g/mol. The summed E-state index contributed by atoms with van der Waals surface area (Å²) in [6.45, 7) is 8.55. The van der Waals surface area contributed by atoms with Crippen LogP contribution in [-0.4, -0.2) is 53.1 Å².